The molecule has 0 amide bonds. The summed E-state index contributed by atoms with van der Waals surface area (Å²) < 4.78 is 11.3. The lowest BCUT2D eigenvalue weighted by Crippen LogP contribution is -1.90. The van der Waals surface area contributed by atoms with Gasteiger partial charge in [-0.2, -0.15) is 0 Å². The summed E-state index contributed by atoms with van der Waals surface area (Å²) in [4.78, 5) is 5.01. The molecule has 0 aliphatic carbocycles. The Kier molecular flexibility index (Phi) is 3.33. The summed E-state index contributed by atoms with van der Waals surface area (Å²) in [6, 6.07) is 9.58. The van der Waals surface area contributed by atoms with Crippen molar-refractivity contribution in [3.8, 4) is 0 Å². The molecule has 2 aromatic rings. The fraction of sp³-hybridized carbons (Fsp3) is 0.100. The van der Waals surface area contributed by atoms with Gasteiger partial charge in [-0.1, -0.05) is 18.2 Å². The van der Waals surface area contributed by atoms with Gasteiger partial charge < -0.3 is 5.48 Å². The highest BCUT2D eigenvalue weighted by Crippen LogP contribution is 2.17. The largest absolute Gasteiger partial charge is 0.412 e. The van der Waals surface area contributed by atoms with Crippen molar-refractivity contribution in [3.63, 3.8) is 0 Å². The van der Waals surface area contributed by atoms with Gasteiger partial charge in [0.25, 0.3) is 0 Å². The Morgan fingerprint density at radius 2 is 1.93 bits per heavy atom. The molecule has 0 fully saturated rings. The number of hydrogen-bond donors (Lipinski definition) is 0. The van der Waals surface area contributed by atoms with E-state index in [2.05, 4.69) is 4.98 Å². The van der Waals surface area contributed by atoms with Crippen molar-refractivity contribution < 1.29 is 9.69 Å². The van der Waals surface area contributed by atoms with E-state index in [0.29, 0.717) is 0 Å². The van der Waals surface area contributed by atoms with Gasteiger partial charge in [0.15, 0.2) is 0 Å². The van der Waals surface area contributed by atoms with Crippen LogP contribution >= 0.6 is 0 Å². The summed E-state index contributed by atoms with van der Waals surface area (Å²) in [7, 11) is -0.966. The molecular formula is C10H11NO2S. The molecule has 4 heteroatoms. The summed E-state index contributed by atoms with van der Waals surface area (Å²) in [5, 5.41) is 1.04. The Morgan fingerprint density at radius 1 is 1.21 bits per heavy atom. The van der Waals surface area contributed by atoms with Crippen molar-refractivity contribution >= 4 is 21.7 Å². The Balaban J connectivity index is 0.000000980. The minimum absolute atomic E-state index is 0. The smallest absolute Gasteiger partial charge is 0.0863 e. The highest BCUT2D eigenvalue weighted by molar-refractivity contribution is 7.84. The topological polar surface area (TPSA) is 61.5 Å². The van der Waals surface area contributed by atoms with Crippen LogP contribution in [0.3, 0.4) is 0 Å². The normalized spacial score (nSPS) is 12.1. The minimum atomic E-state index is -0.966. The molecule has 0 aliphatic rings. The Hall–Kier alpha value is -1.26. The second kappa shape index (κ2) is 4.30. The number of rotatable bonds is 1. The zero-order chi connectivity index (χ0) is 9.26. The van der Waals surface area contributed by atoms with E-state index < -0.39 is 10.8 Å². The first-order chi connectivity index (χ1) is 6.29. The molecule has 2 rings (SSSR count). The Morgan fingerprint density at radius 3 is 2.64 bits per heavy atom. The lowest BCUT2D eigenvalue weighted by Gasteiger charge is -2.00. The van der Waals surface area contributed by atoms with Crippen LogP contribution in [0, 0.1) is 0 Å². The monoisotopic (exact) mass is 209 g/mol. The van der Waals surface area contributed by atoms with Gasteiger partial charge in [-0.3, -0.25) is 9.19 Å². The summed E-state index contributed by atoms with van der Waals surface area (Å²) in [5.41, 5.74) is 0.839. The molecule has 1 unspecified atom stereocenters. The zero-order valence-electron chi connectivity index (χ0n) is 7.73. The van der Waals surface area contributed by atoms with Crippen LogP contribution in [0.1, 0.15) is 0 Å². The van der Waals surface area contributed by atoms with E-state index in [1.165, 1.54) is 0 Å². The maximum absolute atomic E-state index is 11.3. The molecule has 74 valence electrons. The van der Waals surface area contributed by atoms with Crippen molar-refractivity contribution in [1.82, 2.24) is 4.98 Å². The molecule has 0 saturated carbocycles. The standard InChI is InChI=1S/C10H9NOS.H2O/c1-13(12)9-6-2-4-8-5-3-7-11-10(8)9;/h2-7H,1H3;1H2. The lowest BCUT2D eigenvalue weighted by molar-refractivity contribution is 0.687. The molecule has 0 bridgehead atoms. The molecule has 2 N–H and O–H groups in total. The third-order valence-electron chi connectivity index (χ3n) is 1.91. The molecule has 1 aromatic carbocycles. The number of aromatic nitrogens is 1. The molecule has 0 spiro atoms. The summed E-state index contributed by atoms with van der Waals surface area (Å²) in [6.07, 6.45) is 3.39. The number of hydrogen-bond acceptors (Lipinski definition) is 2. The average molecular weight is 209 g/mol. The van der Waals surface area contributed by atoms with Crippen LogP contribution in [0.4, 0.5) is 0 Å². The third kappa shape index (κ3) is 1.81. The fourth-order valence-corrected chi connectivity index (χ4v) is 2.02. The van der Waals surface area contributed by atoms with Gasteiger partial charge >= 0.3 is 0 Å². The highest BCUT2D eigenvalue weighted by atomic mass is 32.2. The molecular weight excluding hydrogens is 198 g/mol. The number of nitrogens with zero attached hydrogens (tertiary/aromatic N) is 1. The van der Waals surface area contributed by atoms with Crippen LogP contribution in [-0.4, -0.2) is 20.9 Å². The molecule has 0 aliphatic heterocycles. The van der Waals surface area contributed by atoms with Gasteiger partial charge in [-0.05, 0) is 12.1 Å². The van der Waals surface area contributed by atoms with Crippen molar-refractivity contribution in [2.24, 2.45) is 0 Å². The van der Waals surface area contributed by atoms with Crippen LogP contribution in [0.2, 0.25) is 0 Å². The number of benzene rings is 1. The lowest BCUT2D eigenvalue weighted by atomic mass is 10.2. The summed E-state index contributed by atoms with van der Waals surface area (Å²) in [5.74, 6) is 0. The van der Waals surface area contributed by atoms with Gasteiger partial charge in [-0.25, -0.2) is 0 Å². The first-order valence-electron chi connectivity index (χ1n) is 3.96. The zero-order valence-corrected chi connectivity index (χ0v) is 8.54. The van der Waals surface area contributed by atoms with Crippen molar-refractivity contribution in [3.05, 3.63) is 36.5 Å². The van der Waals surface area contributed by atoms with Crippen molar-refractivity contribution in [2.45, 2.75) is 4.90 Å². The van der Waals surface area contributed by atoms with Gasteiger partial charge in [-0.15, -0.1) is 0 Å². The van der Waals surface area contributed by atoms with Crippen LogP contribution < -0.4 is 0 Å². The van der Waals surface area contributed by atoms with Crippen LogP contribution in [0.25, 0.3) is 10.9 Å². The van der Waals surface area contributed by atoms with Crippen molar-refractivity contribution in [1.29, 1.82) is 0 Å². The molecule has 14 heavy (non-hydrogen) atoms. The second-order valence-corrected chi connectivity index (χ2v) is 4.13. The van der Waals surface area contributed by atoms with Crippen LogP contribution in [0.5, 0.6) is 0 Å². The van der Waals surface area contributed by atoms with Gasteiger partial charge in [0.05, 0.1) is 21.2 Å². The molecule has 1 aromatic heterocycles. The predicted molar refractivity (Wildman–Crippen MR) is 57.7 cm³/mol. The van der Waals surface area contributed by atoms with E-state index in [1.807, 2.05) is 30.3 Å². The van der Waals surface area contributed by atoms with E-state index in [1.54, 1.807) is 12.5 Å². The van der Waals surface area contributed by atoms with E-state index >= 15 is 0 Å². The number of para-hydroxylation sites is 1. The molecule has 0 radical (unpaired) electrons. The Bertz CT molecular complexity index is 465. The minimum Gasteiger partial charge on any atom is -0.412 e. The molecule has 0 saturated heterocycles. The first-order valence-corrected chi connectivity index (χ1v) is 5.52. The van der Waals surface area contributed by atoms with Crippen LogP contribution in [0.15, 0.2) is 41.4 Å². The Labute approximate surface area is 84.6 Å². The quantitative estimate of drug-likeness (QED) is 0.707. The second-order valence-electron chi connectivity index (χ2n) is 2.79. The number of fused-ring (bicyclic) bond motifs is 1. The SMILES string of the molecule is CS(=O)c1cccc2cccnc12.O. The number of pyridine rings is 1. The van der Waals surface area contributed by atoms with Gasteiger partial charge in [0.2, 0.25) is 0 Å². The summed E-state index contributed by atoms with van der Waals surface area (Å²) >= 11 is 0. The van der Waals surface area contributed by atoms with E-state index in [0.717, 1.165) is 15.8 Å². The fourth-order valence-electron chi connectivity index (χ4n) is 1.31. The maximum atomic E-state index is 11.3. The maximum Gasteiger partial charge on any atom is 0.0863 e. The predicted octanol–water partition coefficient (Wildman–Crippen LogP) is 1.15. The summed E-state index contributed by atoms with van der Waals surface area (Å²) in [6.45, 7) is 0. The third-order valence-corrected chi connectivity index (χ3v) is 2.85. The van der Waals surface area contributed by atoms with Gasteiger partial charge in [0, 0.05) is 17.8 Å². The molecule has 1 heterocycles. The molecule has 3 nitrogen and oxygen atoms in total. The first kappa shape index (κ1) is 10.8. The van der Waals surface area contributed by atoms with Crippen molar-refractivity contribution in [2.75, 3.05) is 6.26 Å². The van der Waals surface area contributed by atoms with E-state index in [4.69, 9.17) is 0 Å². The average Bonchev–Trinajstić information content (AvgIpc) is 2.17. The van der Waals surface area contributed by atoms with Gasteiger partial charge in [0.1, 0.15) is 0 Å². The van der Waals surface area contributed by atoms with E-state index in [9.17, 15) is 4.21 Å². The highest BCUT2D eigenvalue weighted by Gasteiger charge is 2.03. The van der Waals surface area contributed by atoms with E-state index in [-0.39, 0.29) is 5.48 Å². The molecule has 1 atom stereocenters. The van der Waals surface area contributed by atoms with Crippen LogP contribution in [-0.2, 0) is 10.8 Å².